The van der Waals surface area contributed by atoms with E-state index < -0.39 is 0 Å². The molecule has 0 saturated heterocycles. The summed E-state index contributed by atoms with van der Waals surface area (Å²) in [7, 11) is 0. The first-order valence-corrected chi connectivity index (χ1v) is 4.56. The van der Waals surface area contributed by atoms with Gasteiger partial charge in [0.25, 0.3) is 0 Å². The molecular formula is C8H8N2S. The fourth-order valence-corrected chi connectivity index (χ4v) is 2.50. The maximum atomic E-state index is 8.67. The molecule has 11 heavy (non-hydrogen) atoms. The van der Waals surface area contributed by atoms with Crippen LogP contribution in [0.5, 0.6) is 0 Å². The van der Waals surface area contributed by atoms with Crippen molar-refractivity contribution in [2.24, 2.45) is 4.99 Å². The van der Waals surface area contributed by atoms with Crippen LogP contribution in [0, 0.1) is 11.3 Å². The average Bonchev–Trinajstić information content (AvgIpc) is 2.46. The molecule has 1 atom stereocenters. The smallest absolute Gasteiger partial charge is 0.100 e. The summed E-state index contributed by atoms with van der Waals surface area (Å²) in [6, 6.07) is 2.28. The first-order chi connectivity index (χ1) is 5.40. The van der Waals surface area contributed by atoms with E-state index >= 15 is 0 Å². The van der Waals surface area contributed by atoms with Crippen molar-refractivity contribution in [2.45, 2.75) is 18.1 Å². The standard InChI is InChI=1S/C8H8N2S/c9-4-7-3-6-1-2-10-5-8(6)11-7/h5,7H,1-3H2. The number of dihydropyridines is 1. The molecule has 2 aliphatic rings. The Kier molecular flexibility index (Phi) is 1.71. The second-order valence-corrected chi connectivity index (χ2v) is 3.94. The zero-order valence-corrected chi connectivity index (χ0v) is 6.90. The lowest BCUT2D eigenvalue weighted by Crippen LogP contribution is -1.96. The first-order valence-electron chi connectivity index (χ1n) is 3.68. The highest BCUT2D eigenvalue weighted by molar-refractivity contribution is 8.05. The highest BCUT2D eigenvalue weighted by Crippen LogP contribution is 2.39. The van der Waals surface area contributed by atoms with Crippen LogP contribution in [0.1, 0.15) is 12.8 Å². The molecule has 0 aliphatic carbocycles. The van der Waals surface area contributed by atoms with Gasteiger partial charge in [-0.3, -0.25) is 4.99 Å². The third kappa shape index (κ3) is 1.19. The SMILES string of the molecule is N#CC1CC2=C(C=NCC2)S1. The Morgan fingerprint density at radius 2 is 2.64 bits per heavy atom. The van der Waals surface area contributed by atoms with Gasteiger partial charge in [-0.1, -0.05) is 5.57 Å². The molecule has 0 aromatic carbocycles. The Morgan fingerprint density at radius 1 is 1.73 bits per heavy atom. The van der Waals surface area contributed by atoms with E-state index in [1.807, 2.05) is 6.21 Å². The van der Waals surface area contributed by atoms with Crippen LogP contribution in [0.2, 0.25) is 0 Å². The topological polar surface area (TPSA) is 36.1 Å². The Hall–Kier alpha value is -0.750. The molecule has 0 saturated carbocycles. The molecule has 0 aromatic rings. The van der Waals surface area contributed by atoms with Crippen molar-refractivity contribution in [1.29, 1.82) is 5.26 Å². The summed E-state index contributed by atoms with van der Waals surface area (Å²) in [4.78, 5) is 5.43. The number of nitrogens with zero attached hydrogens (tertiary/aromatic N) is 2. The van der Waals surface area contributed by atoms with Crippen LogP contribution in [0.4, 0.5) is 0 Å². The Labute approximate surface area is 70.0 Å². The van der Waals surface area contributed by atoms with Crippen molar-refractivity contribution in [3.8, 4) is 6.07 Å². The van der Waals surface area contributed by atoms with Gasteiger partial charge in [0, 0.05) is 17.7 Å². The van der Waals surface area contributed by atoms with Gasteiger partial charge in [-0.05, 0) is 12.8 Å². The van der Waals surface area contributed by atoms with Gasteiger partial charge in [-0.2, -0.15) is 5.26 Å². The van der Waals surface area contributed by atoms with Crippen molar-refractivity contribution in [2.75, 3.05) is 6.54 Å². The number of thioether (sulfide) groups is 1. The molecule has 56 valence electrons. The summed E-state index contributed by atoms with van der Waals surface area (Å²) in [6.45, 7) is 0.914. The van der Waals surface area contributed by atoms with Crippen LogP contribution in [-0.4, -0.2) is 18.0 Å². The van der Waals surface area contributed by atoms with Gasteiger partial charge in [0.15, 0.2) is 0 Å². The fraction of sp³-hybridized carbons (Fsp3) is 0.500. The minimum Gasteiger partial charge on any atom is -0.292 e. The summed E-state index contributed by atoms with van der Waals surface area (Å²) < 4.78 is 0. The van der Waals surface area contributed by atoms with Crippen LogP contribution in [-0.2, 0) is 0 Å². The second-order valence-electron chi connectivity index (χ2n) is 2.69. The molecule has 2 heterocycles. The lowest BCUT2D eigenvalue weighted by Gasteiger charge is -2.04. The van der Waals surface area contributed by atoms with E-state index in [-0.39, 0.29) is 5.25 Å². The van der Waals surface area contributed by atoms with Crippen LogP contribution < -0.4 is 0 Å². The maximum absolute atomic E-state index is 8.67. The van der Waals surface area contributed by atoms with Gasteiger partial charge in [0.1, 0.15) is 5.25 Å². The highest BCUT2D eigenvalue weighted by Gasteiger charge is 2.24. The molecule has 3 heteroatoms. The van der Waals surface area contributed by atoms with Gasteiger partial charge < -0.3 is 0 Å². The monoisotopic (exact) mass is 164 g/mol. The minimum atomic E-state index is 0.157. The molecule has 0 radical (unpaired) electrons. The number of allylic oxidation sites excluding steroid dienone is 1. The lowest BCUT2D eigenvalue weighted by atomic mass is 10.1. The second kappa shape index (κ2) is 2.71. The van der Waals surface area contributed by atoms with Crippen LogP contribution in [0.15, 0.2) is 15.5 Å². The summed E-state index contributed by atoms with van der Waals surface area (Å²) in [5.41, 5.74) is 1.44. The van der Waals surface area contributed by atoms with Crippen LogP contribution in [0.3, 0.4) is 0 Å². The molecule has 0 amide bonds. The molecule has 0 fully saturated rings. The number of hydrogen-bond donors (Lipinski definition) is 0. The zero-order chi connectivity index (χ0) is 7.68. The molecule has 1 unspecified atom stereocenters. The predicted molar refractivity (Wildman–Crippen MR) is 46.6 cm³/mol. The molecule has 0 bridgehead atoms. The third-order valence-electron chi connectivity index (χ3n) is 1.94. The Balaban J connectivity index is 2.17. The van der Waals surface area contributed by atoms with Gasteiger partial charge in [0.05, 0.1) is 6.07 Å². The van der Waals surface area contributed by atoms with Crippen LogP contribution >= 0.6 is 11.8 Å². The largest absolute Gasteiger partial charge is 0.292 e. The van der Waals surface area contributed by atoms with Crippen molar-refractivity contribution in [1.82, 2.24) is 0 Å². The summed E-state index contributed by atoms with van der Waals surface area (Å²) in [5.74, 6) is 0. The Bertz CT molecular complexity index is 272. The predicted octanol–water partition coefficient (Wildman–Crippen LogP) is 1.74. The summed E-state index contributed by atoms with van der Waals surface area (Å²) in [5, 5.41) is 8.83. The molecule has 0 aromatic heterocycles. The van der Waals surface area contributed by atoms with Gasteiger partial charge in [-0.25, -0.2) is 0 Å². The van der Waals surface area contributed by atoms with E-state index in [1.165, 1.54) is 10.5 Å². The van der Waals surface area contributed by atoms with Crippen molar-refractivity contribution >= 4 is 18.0 Å². The molecule has 0 N–H and O–H groups in total. The van der Waals surface area contributed by atoms with Crippen molar-refractivity contribution < 1.29 is 0 Å². The molecule has 2 nitrogen and oxygen atoms in total. The minimum absolute atomic E-state index is 0.157. The maximum Gasteiger partial charge on any atom is 0.100 e. The van der Waals surface area contributed by atoms with E-state index in [2.05, 4.69) is 11.1 Å². The molecule has 2 rings (SSSR count). The molecule has 2 aliphatic heterocycles. The normalized spacial score (nSPS) is 28.5. The first kappa shape index (κ1) is 6.93. The van der Waals surface area contributed by atoms with Gasteiger partial charge in [-0.15, -0.1) is 11.8 Å². The average molecular weight is 164 g/mol. The van der Waals surface area contributed by atoms with Gasteiger partial charge >= 0.3 is 0 Å². The number of nitriles is 1. The molecule has 0 spiro atoms. The number of aliphatic imine (C=N–C) groups is 1. The van der Waals surface area contributed by atoms with Crippen molar-refractivity contribution in [3.05, 3.63) is 10.5 Å². The third-order valence-corrected chi connectivity index (χ3v) is 3.15. The van der Waals surface area contributed by atoms with E-state index in [9.17, 15) is 0 Å². The highest BCUT2D eigenvalue weighted by atomic mass is 32.2. The van der Waals surface area contributed by atoms with E-state index in [1.54, 1.807) is 11.8 Å². The quantitative estimate of drug-likeness (QED) is 0.546. The van der Waals surface area contributed by atoms with E-state index in [0.717, 1.165) is 19.4 Å². The van der Waals surface area contributed by atoms with Crippen molar-refractivity contribution in [3.63, 3.8) is 0 Å². The number of hydrogen-bond acceptors (Lipinski definition) is 3. The molecular weight excluding hydrogens is 156 g/mol. The summed E-state index contributed by atoms with van der Waals surface area (Å²) in [6.07, 6.45) is 3.94. The Morgan fingerprint density at radius 3 is 3.36 bits per heavy atom. The van der Waals surface area contributed by atoms with Crippen LogP contribution in [0.25, 0.3) is 0 Å². The van der Waals surface area contributed by atoms with Gasteiger partial charge in [0.2, 0.25) is 0 Å². The van der Waals surface area contributed by atoms with E-state index in [0.29, 0.717) is 0 Å². The fourth-order valence-electron chi connectivity index (χ4n) is 1.37. The number of rotatable bonds is 0. The van der Waals surface area contributed by atoms with E-state index in [4.69, 9.17) is 5.26 Å². The lowest BCUT2D eigenvalue weighted by molar-refractivity contribution is 0.873. The zero-order valence-electron chi connectivity index (χ0n) is 6.08. The summed E-state index contributed by atoms with van der Waals surface area (Å²) >= 11 is 1.66.